The van der Waals surface area contributed by atoms with Crippen LogP contribution in [0.2, 0.25) is 0 Å². The Labute approximate surface area is 124 Å². The predicted molar refractivity (Wildman–Crippen MR) is 78.1 cm³/mol. The van der Waals surface area contributed by atoms with Crippen molar-refractivity contribution in [2.45, 2.75) is 38.5 Å². The van der Waals surface area contributed by atoms with Crippen LogP contribution in [0.25, 0.3) is 0 Å². The number of hydrogen-bond acceptors (Lipinski definition) is 3. The standard InChI is InChI=1S/C15H22N4O2/c20-14(18-7-3-1-4-8-18)12-13(17-11-16-12)15(21)19-9-5-2-6-10-19/h11H,1-10H2,(H,16,17). The van der Waals surface area contributed by atoms with E-state index < -0.39 is 0 Å². The highest BCUT2D eigenvalue weighted by Crippen LogP contribution is 2.17. The van der Waals surface area contributed by atoms with Gasteiger partial charge < -0.3 is 14.8 Å². The zero-order valence-corrected chi connectivity index (χ0v) is 12.3. The maximum Gasteiger partial charge on any atom is 0.274 e. The Balaban J connectivity index is 1.76. The van der Waals surface area contributed by atoms with Crippen molar-refractivity contribution >= 4 is 11.8 Å². The van der Waals surface area contributed by atoms with Gasteiger partial charge in [-0.25, -0.2) is 4.98 Å². The molecule has 0 bridgehead atoms. The second-order valence-corrected chi connectivity index (χ2v) is 5.83. The van der Waals surface area contributed by atoms with Crippen LogP contribution >= 0.6 is 0 Å². The van der Waals surface area contributed by atoms with Gasteiger partial charge in [-0.05, 0) is 38.5 Å². The van der Waals surface area contributed by atoms with Crippen LogP contribution in [0.4, 0.5) is 0 Å². The molecule has 3 rings (SSSR count). The van der Waals surface area contributed by atoms with Crippen molar-refractivity contribution in [1.29, 1.82) is 0 Å². The first kappa shape index (κ1) is 14.1. The zero-order chi connectivity index (χ0) is 14.7. The summed E-state index contributed by atoms with van der Waals surface area (Å²) < 4.78 is 0. The molecule has 114 valence electrons. The second-order valence-electron chi connectivity index (χ2n) is 5.83. The van der Waals surface area contributed by atoms with E-state index in [1.807, 2.05) is 9.80 Å². The number of amides is 2. The molecule has 2 fully saturated rings. The normalized spacial score (nSPS) is 19.6. The molecule has 1 aromatic heterocycles. The first-order valence-corrected chi connectivity index (χ1v) is 7.89. The van der Waals surface area contributed by atoms with Gasteiger partial charge in [-0.15, -0.1) is 0 Å². The Morgan fingerprint density at radius 3 is 1.95 bits per heavy atom. The van der Waals surface area contributed by atoms with Crippen molar-refractivity contribution in [3.8, 4) is 0 Å². The molecule has 0 radical (unpaired) electrons. The Hall–Kier alpha value is -1.85. The van der Waals surface area contributed by atoms with E-state index in [1.165, 1.54) is 19.2 Å². The van der Waals surface area contributed by atoms with Crippen molar-refractivity contribution in [3.63, 3.8) is 0 Å². The number of nitrogens with zero attached hydrogens (tertiary/aromatic N) is 3. The van der Waals surface area contributed by atoms with Gasteiger partial charge in [0.1, 0.15) is 5.69 Å². The zero-order valence-electron chi connectivity index (χ0n) is 12.3. The number of piperidine rings is 2. The van der Waals surface area contributed by atoms with Crippen LogP contribution < -0.4 is 0 Å². The highest BCUT2D eigenvalue weighted by Gasteiger charge is 2.28. The molecule has 21 heavy (non-hydrogen) atoms. The number of aromatic amines is 1. The summed E-state index contributed by atoms with van der Waals surface area (Å²) in [7, 11) is 0. The maximum atomic E-state index is 12.6. The average molecular weight is 290 g/mol. The third kappa shape index (κ3) is 2.94. The van der Waals surface area contributed by atoms with Crippen molar-refractivity contribution in [3.05, 3.63) is 17.7 Å². The van der Waals surface area contributed by atoms with Crippen LogP contribution in [-0.2, 0) is 0 Å². The SMILES string of the molecule is O=C(c1nc[nH]c1C(=O)N1CCCCC1)N1CCCCC1. The largest absolute Gasteiger partial charge is 0.340 e. The van der Waals surface area contributed by atoms with E-state index in [1.54, 1.807) is 0 Å². The second kappa shape index (κ2) is 6.28. The summed E-state index contributed by atoms with van der Waals surface area (Å²) in [5, 5.41) is 0. The van der Waals surface area contributed by atoms with E-state index in [0.29, 0.717) is 5.69 Å². The van der Waals surface area contributed by atoms with Gasteiger partial charge in [0.05, 0.1) is 6.33 Å². The number of rotatable bonds is 2. The quantitative estimate of drug-likeness (QED) is 0.900. The maximum absolute atomic E-state index is 12.6. The molecule has 6 heteroatoms. The summed E-state index contributed by atoms with van der Waals surface area (Å²) in [5.41, 5.74) is 0.639. The van der Waals surface area contributed by atoms with Gasteiger partial charge in [-0.1, -0.05) is 0 Å². The van der Waals surface area contributed by atoms with Crippen LogP contribution in [0.1, 0.15) is 59.5 Å². The molecule has 0 spiro atoms. The molecular weight excluding hydrogens is 268 g/mol. The van der Waals surface area contributed by atoms with Gasteiger partial charge in [0.25, 0.3) is 11.8 Å². The minimum atomic E-state index is -0.115. The number of aromatic nitrogens is 2. The third-order valence-electron chi connectivity index (χ3n) is 4.34. The lowest BCUT2D eigenvalue weighted by molar-refractivity contribution is 0.0678. The Kier molecular flexibility index (Phi) is 4.22. The number of carbonyl (C=O) groups is 2. The molecule has 0 aromatic carbocycles. The van der Waals surface area contributed by atoms with Crippen LogP contribution in [0, 0.1) is 0 Å². The first-order valence-electron chi connectivity index (χ1n) is 7.89. The number of imidazole rings is 1. The number of nitrogens with one attached hydrogen (secondary N) is 1. The highest BCUT2D eigenvalue weighted by molar-refractivity contribution is 6.04. The number of carbonyl (C=O) groups excluding carboxylic acids is 2. The molecule has 0 atom stereocenters. The van der Waals surface area contributed by atoms with Crippen LogP contribution in [0.5, 0.6) is 0 Å². The average Bonchev–Trinajstić information content (AvgIpc) is 3.04. The minimum absolute atomic E-state index is 0.0902. The van der Waals surface area contributed by atoms with Crippen LogP contribution in [-0.4, -0.2) is 57.8 Å². The van der Waals surface area contributed by atoms with Gasteiger partial charge in [-0.2, -0.15) is 0 Å². The van der Waals surface area contributed by atoms with Crippen LogP contribution in [0.3, 0.4) is 0 Å². The van der Waals surface area contributed by atoms with Gasteiger partial charge in [0.15, 0.2) is 5.69 Å². The first-order chi connectivity index (χ1) is 10.3. The van der Waals surface area contributed by atoms with Gasteiger partial charge in [0.2, 0.25) is 0 Å². The predicted octanol–water partition coefficient (Wildman–Crippen LogP) is 1.66. The fourth-order valence-corrected chi connectivity index (χ4v) is 3.12. The van der Waals surface area contributed by atoms with Crippen molar-refractivity contribution < 1.29 is 9.59 Å². The lowest BCUT2D eigenvalue weighted by Gasteiger charge is -2.28. The lowest BCUT2D eigenvalue weighted by Crippen LogP contribution is -2.39. The Morgan fingerprint density at radius 1 is 0.857 bits per heavy atom. The topological polar surface area (TPSA) is 69.3 Å². The number of likely N-dealkylation sites (tertiary alicyclic amines) is 2. The summed E-state index contributed by atoms with van der Waals surface area (Å²) in [6.45, 7) is 3.08. The van der Waals surface area contributed by atoms with E-state index in [0.717, 1.165) is 51.9 Å². The van der Waals surface area contributed by atoms with E-state index in [4.69, 9.17) is 0 Å². The fraction of sp³-hybridized carbons (Fsp3) is 0.667. The number of H-pyrrole nitrogens is 1. The molecule has 0 unspecified atom stereocenters. The molecule has 1 aromatic rings. The Morgan fingerprint density at radius 2 is 1.38 bits per heavy atom. The fourth-order valence-electron chi connectivity index (χ4n) is 3.12. The smallest absolute Gasteiger partial charge is 0.274 e. The van der Waals surface area contributed by atoms with Gasteiger partial charge >= 0.3 is 0 Å². The van der Waals surface area contributed by atoms with Crippen LogP contribution in [0.15, 0.2) is 6.33 Å². The molecule has 0 aliphatic carbocycles. The molecule has 2 saturated heterocycles. The molecule has 2 aliphatic rings. The molecule has 3 heterocycles. The van der Waals surface area contributed by atoms with Crippen molar-refractivity contribution in [2.75, 3.05) is 26.2 Å². The lowest BCUT2D eigenvalue weighted by atomic mass is 10.1. The summed E-state index contributed by atoms with van der Waals surface area (Å²) in [6, 6.07) is 0. The molecule has 0 saturated carbocycles. The molecule has 1 N–H and O–H groups in total. The summed E-state index contributed by atoms with van der Waals surface area (Å²) in [6.07, 6.45) is 7.94. The molecule has 2 amide bonds. The molecule has 6 nitrogen and oxygen atoms in total. The van der Waals surface area contributed by atoms with E-state index in [-0.39, 0.29) is 17.5 Å². The molecular formula is C15H22N4O2. The van der Waals surface area contributed by atoms with Gasteiger partial charge in [-0.3, -0.25) is 9.59 Å². The van der Waals surface area contributed by atoms with E-state index >= 15 is 0 Å². The minimum Gasteiger partial charge on any atom is -0.340 e. The highest BCUT2D eigenvalue weighted by atomic mass is 16.2. The van der Waals surface area contributed by atoms with Crippen molar-refractivity contribution in [2.24, 2.45) is 0 Å². The van der Waals surface area contributed by atoms with Crippen molar-refractivity contribution in [1.82, 2.24) is 19.8 Å². The third-order valence-corrected chi connectivity index (χ3v) is 4.34. The van der Waals surface area contributed by atoms with Gasteiger partial charge in [0, 0.05) is 26.2 Å². The van der Waals surface area contributed by atoms with E-state index in [9.17, 15) is 9.59 Å². The Bertz CT molecular complexity index is 469. The molecule has 2 aliphatic heterocycles. The monoisotopic (exact) mass is 290 g/mol. The summed E-state index contributed by atoms with van der Waals surface area (Å²) >= 11 is 0. The van der Waals surface area contributed by atoms with E-state index in [2.05, 4.69) is 9.97 Å². The summed E-state index contributed by atoms with van der Waals surface area (Å²) in [4.78, 5) is 35.7. The number of hydrogen-bond donors (Lipinski definition) is 1. The summed E-state index contributed by atoms with van der Waals surface area (Å²) in [5.74, 6) is -0.205.